The van der Waals surface area contributed by atoms with E-state index in [1.54, 1.807) is 24.3 Å². The van der Waals surface area contributed by atoms with Crippen LogP contribution >= 0.6 is 15.9 Å². The maximum Gasteiger partial charge on any atom is 0.265 e. The highest BCUT2D eigenvalue weighted by Gasteiger charge is 2.24. The highest BCUT2D eigenvalue weighted by Crippen LogP contribution is 2.29. The number of anilines is 1. The molecule has 0 saturated carbocycles. The molecule has 0 aliphatic rings. The zero-order valence-corrected chi connectivity index (χ0v) is 13.8. The number of nitrogens with zero attached hydrogens (tertiary/aromatic N) is 1. The summed E-state index contributed by atoms with van der Waals surface area (Å²) >= 11 is 3.08. The van der Waals surface area contributed by atoms with Crippen LogP contribution in [0.5, 0.6) is 5.75 Å². The van der Waals surface area contributed by atoms with Crippen molar-refractivity contribution in [3.8, 4) is 5.75 Å². The molecule has 0 spiro atoms. The Labute approximate surface area is 131 Å². The van der Waals surface area contributed by atoms with Gasteiger partial charge in [-0.2, -0.15) is 0 Å². The molecule has 0 radical (unpaired) electrons. The van der Waals surface area contributed by atoms with E-state index >= 15 is 0 Å². The first-order chi connectivity index (χ1) is 9.86. The van der Waals surface area contributed by atoms with Gasteiger partial charge in [-0.05, 0) is 58.4 Å². The maximum atomic E-state index is 13.1. The molecule has 0 heterocycles. The molecule has 0 aromatic heterocycles. The van der Waals surface area contributed by atoms with Crippen LogP contribution in [0.1, 0.15) is 0 Å². The van der Waals surface area contributed by atoms with Gasteiger partial charge in [-0.15, -0.1) is 0 Å². The first kappa shape index (κ1) is 15.8. The Kier molecular flexibility index (Phi) is 4.53. The lowest BCUT2D eigenvalue weighted by Gasteiger charge is -2.20. The van der Waals surface area contributed by atoms with Crippen molar-refractivity contribution >= 4 is 31.6 Å². The standard InChI is InChI=1S/C14H13BrFNO3S/c1-17(11-4-6-12(20-2)7-5-11)21(18,19)14-8-3-10(16)9-13(14)15/h3-9H,1-2H3. The van der Waals surface area contributed by atoms with Gasteiger partial charge in [0.1, 0.15) is 16.5 Å². The van der Waals surface area contributed by atoms with Crippen LogP contribution in [0.4, 0.5) is 10.1 Å². The number of ether oxygens (including phenoxy) is 1. The van der Waals surface area contributed by atoms with E-state index in [1.165, 1.54) is 20.2 Å². The number of benzene rings is 2. The summed E-state index contributed by atoms with van der Waals surface area (Å²) in [5.41, 5.74) is 0.479. The molecule has 0 fully saturated rings. The summed E-state index contributed by atoms with van der Waals surface area (Å²) in [6, 6.07) is 10.1. The zero-order valence-electron chi connectivity index (χ0n) is 11.4. The molecule has 0 aliphatic heterocycles. The molecule has 2 aromatic rings. The van der Waals surface area contributed by atoms with Gasteiger partial charge in [0.05, 0.1) is 12.8 Å². The summed E-state index contributed by atoms with van der Waals surface area (Å²) in [5.74, 6) is 0.125. The minimum Gasteiger partial charge on any atom is -0.497 e. The zero-order chi connectivity index (χ0) is 15.6. The summed E-state index contributed by atoms with van der Waals surface area (Å²) in [7, 11) is -0.810. The molecule has 0 aliphatic carbocycles. The van der Waals surface area contributed by atoms with Crippen LogP contribution in [0, 0.1) is 5.82 Å². The monoisotopic (exact) mass is 373 g/mol. The SMILES string of the molecule is COc1ccc(N(C)S(=O)(=O)c2ccc(F)cc2Br)cc1. The van der Waals surface area contributed by atoms with Crippen LogP contribution < -0.4 is 9.04 Å². The average Bonchev–Trinajstić information content (AvgIpc) is 2.46. The van der Waals surface area contributed by atoms with Crippen LogP contribution in [-0.4, -0.2) is 22.6 Å². The van der Waals surface area contributed by atoms with E-state index in [9.17, 15) is 12.8 Å². The van der Waals surface area contributed by atoms with Gasteiger partial charge in [0.15, 0.2) is 0 Å². The van der Waals surface area contributed by atoms with E-state index in [4.69, 9.17) is 4.74 Å². The predicted molar refractivity (Wildman–Crippen MR) is 82.7 cm³/mol. The smallest absolute Gasteiger partial charge is 0.265 e. The van der Waals surface area contributed by atoms with Gasteiger partial charge in [0.25, 0.3) is 10.0 Å². The second-order valence-electron chi connectivity index (χ2n) is 4.25. The number of sulfonamides is 1. The van der Waals surface area contributed by atoms with Crippen molar-refractivity contribution in [3.63, 3.8) is 0 Å². The summed E-state index contributed by atoms with van der Waals surface area (Å²) in [5, 5.41) is 0. The van der Waals surface area contributed by atoms with Crippen molar-refractivity contribution in [3.05, 3.63) is 52.8 Å². The molecule has 0 unspecified atom stereocenters. The fourth-order valence-corrected chi connectivity index (χ4v) is 3.97. The van der Waals surface area contributed by atoms with Crippen molar-refractivity contribution in [2.45, 2.75) is 4.90 Å². The lowest BCUT2D eigenvalue weighted by molar-refractivity contribution is 0.415. The largest absolute Gasteiger partial charge is 0.497 e. The van der Waals surface area contributed by atoms with E-state index in [1.807, 2.05) is 0 Å². The van der Waals surface area contributed by atoms with Crippen molar-refractivity contribution in [1.82, 2.24) is 0 Å². The van der Waals surface area contributed by atoms with E-state index < -0.39 is 15.8 Å². The molecule has 0 N–H and O–H groups in total. The number of methoxy groups -OCH3 is 1. The van der Waals surface area contributed by atoms with Gasteiger partial charge in [0, 0.05) is 11.5 Å². The molecule has 2 aromatic carbocycles. The summed E-state index contributed by atoms with van der Waals surface area (Å²) in [6.45, 7) is 0. The average molecular weight is 374 g/mol. The third kappa shape index (κ3) is 3.19. The molecular formula is C14H13BrFNO3S. The Morgan fingerprint density at radius 1 is 1.14 bits per heavy atom. The normalized spacial score (nSPS) is 11.2. The van der Waals surface area contributed by atoms with Gasteiger partial charge in [-0.3, -0.25) is 4.31 Å². The maximum absolute atomic E-state index is 13.1. The first-order valence-electron chi connectivity index (χ1n) is 5.94. The molecule has 0 amide bonds. The molecule has 0 bridgehead atoms. The number of rotatable bonds is 4. The quantitative estimate of drug-likeness (QED) is 0.824. The van der Waals surface area contributed by atoms with Gasteiger partial charge in [-0.1, -0.05) is 0 Å². The molecule has 2 rings (SSSR count). The molecule has 4 nitrogen and oxygen atoms in total. The van der Waals surface area contributed by atoms with Crippen molar-refractivity contribution in [1.29, 1.82) is 0 Å². The minimum absolute atomic E-state index is 0.00205. The number of hydrogen-bond acceptors (Lipinski definition) is 3. The second-order valence-corrected chi connectivity index (χ2v) is 7.04. The molecule has 7 heteroatoms. The summed E-state index contributed by atoms with van der Waals surface area (Å²) in [4.78, 5) is 0.00205. The fraction of sp³-hybridized carbons (Fsp3) is 0.143. The third-order valence-electron chi connectivity index (χ3n) is 2.97. The highest BCUT2D eigenvalue weighted by atomic mass is 79.9. The van der Waals surface area contributed by atoms with Crippen molar-refractivity contribution in [2.24, 2.45) is 0 Å². The first-order valence-corrected chi connectivity index (χ1v) is 8.17. The highest BCUT2D eigenvalue weighted by molar-refractivity contribution is 9.10. The lowest BCUT2D eigenvalue weighted by atomic mass is 10.3. The fourth-order valence-electron chi connectivity index (χ4n) is 1.76. The third-order valence-corrected chi connectivity index (χ3v) is 5.73. The molecular weight excluding hydrogens is 361 g/mol. The lowest BCUT2D eigenvalue weighted by Crippen LogP contribution is -2.26. The van der Waals surface area contributed by atoms with E-state index in [0.29, 0.717) is 11.4 Å². The van der Waals surface area contributed by atoms with Crippen LogP contribution in [-0.2, 0) is 10.0 Å². The topological polar surface area (TPSA) is 46.6 Å². The molecule has 112 valence electrons. The van der Waals surface area contributed by atoms with Gasteiger partial charge in [0.2, 0.25) is 0 Å². The van der Waals surface area contributed by atoms with E-state index in [-0.39, 0.29) is 9.37 Å². The molecule has 0 saturated heterocycles. The minimum atomic E-state index is -3.78. The van der Waals surface area contributed by atoms with Gasteiger partial charge >= 0.3 is 0 Å². The van der Waals surface area contributed by atoms with Crippen LogP contribution in [0.15, 0.2) is 51.8 Å². The Morgan fingerprint density at radius 3 is 2.29 bits per heavy atom. The van der Waals surface area contributed by atoms with Crippen molar-refractivity contribution < 1.29 is 17.5 Å². The molecule has 0 atom stereocenters. The second kappa shape index (κ2) is 6.03. The van der Waals surface area contributed by atoms with E-state index in [2.05, 4.69) is 15.9 Å². The Bertz CT molecular complexity index is 747. The molecule has 21 heavy (non-hydrogen) atoms. The Balaban J connectivity index is 2.42. The Hall–Kier alpha value is -1.60. The van der Waals surface area contributed by atoms with Crippen LogP contribution in [0.2, 0.25) is 0 Å². The summed E-state index contributed by atoms with van der Waals surface area (Å²) < 4.78 is 44.6. The summed E-state index contributed by atoms with van der Waals surface area (Å²) in [6.07, 6.45) is 0. The van der Waals surface area contributed by atoms with Crippen LogP contribution in [0.3, 0.4) is 0 Å². The van der Waals surface area contributed by atoms with Gasteiger partial charge < -0.3 is 4.74 Å². The predicted octanol–water partition coefficient (Wildman–Crippen LogP) is 3.42. The van der Waals surface area contributed by atoms with E-state index in [0.717, 1.165) is 16.4 Å². The Morgan fingerprint density at radius 2 is 1.76 bits per heavy atom. The van der Waals surface area contributed by atoms with Crippen molar-refractivity contribution in [2.75, 3.05) is 18.5 Å². The van der Waals surface area contributed by atoms with Crippen LogP contribution in [0.25, 0.3) is 0 Å². The number of halogens is 2. The van der Waals surface area contributed by atoms with Gasteiger partial charge in [-0.25, -0.2) is 12.8 Å². The number of hydrogen-bond donors (Lipinski definition) is 0.